The van der Waals surface area contributed by atoms with E-state index in [-0.39, 0.29) is 6.04 Å². The summed E-state index contributed by atoms with van der Waals surface area (Å²) in [6.07, 6.45) is 1.84. The second kappa shape index (κ2) is 5.73. The molecule has 0 aliphatic carbocycles. The summed E-state index contributed by atoms with van der Waals surface area (Å²) in [6.45, 7) is 5.25. The third-order valence-electron chi connectivity index (χ3n) is 3.41. The molecule has 0 saturated carbocycles. The summed E-state index contributed by atoms with van der Waals surface area (Å²) in [4.78, 5) is 7.11. The summed E-state index contributed by atoms with van der Waals surface area (Å²) < 4.78 is 0. The molecule has 0 spiro atoms. The highest BCUT2D eigenvalue weighted by Gasteiger charge is 2.15. The Bertz CT molecular complexity index is 718. The number of fused-ring (bicyclic) bond motifs is 1. The van der Waals surface area contributed by atoms with E-state index in [9.17, 15) is 0 Å². The van der Waals surface area contributed by atoms with Gasteiger partial charge in [0.1, 0.15) is 0 Å². The van der Waals surface area contributed by atoms with E-state index < -0.39 is 0 Å². The molecule has 3 rings (SSSR count). The van der Waals surface area contributed by atoms with Gasteiger partial charge in [-0.2, -0.15) is 0 Å². The molecule has 20 heavy (non-hydrogen) atoms. The van der Waals surface area contributed by atoms with Gasteiger partial charge in [0.15, 0.2) is 0 Å². The second-order valence-corrected chi connectivity index (χ2v) is 6.21. The molecule has 2 aromatic heterocycles. The van der Waals surface area contributed by atoms with E-state index in [2.05, 4.69) is 60.5 Å². The van der Waals surface area contributed by atoms with Crippen molar-refractivity contribution in [3.8, 4) is 0 Å². The van der Waals surface area contributed by atoms with E-state index in [1.165, 1.54) is 20.7 Å². The number of thiophene rings is 1. The van der Waals surface area contributed by atoms with Crippen LogP contribution in [0.3, 0.4) is 0 Å². The standard InChI is InChI=1S/C17H18N2S/c1-3-18-17(16-9-6-12(2)20-16)14-7-8-15-13(11-14)5-4-10-19-15/h4-11,17-18H,3H2,1-2H3. The van der Waals surface area contributed by atoms with Crippen LogP contribution in [-0.4, -0.2) is 11.5 Å². The molecule has 0 aliphatic heterocycles. The zero-order valence-corrected chi connectivity index (χ0v) is 12.6. The van der Waals surface area contributed by atoms with Gasteiger partial charge in [-0.1, -0.05) is 19.1 Å². The normalized spacial score (nSPS) is 12.7. The van der Waals surface area contributed by atoms with Crippen LogP contribution >= 0.6 is 11.3 Å². The van der Waals surface area contributed by atoms with Crippen molar-refractivity contribution in [3.63, 3.8) is 0 Å². The molecule has 2 nitrogen and oxygen atoms in total. The molecule has 102 valence electrons. The lowest BCUT2D eigenvalue weighted by Crippen LogP contribution is -2.21. The average molecular weight is 282 g/mol. The number of nitrogens with one attached hydrogen (secondary N) is 1. The van der Waals surface area contributed by atoms with Gasteiger partial charge in [-0.3, -0.25) is 4.98 Å². The monoisotopic (exact) mass is 282 g/mol. The summed E-state index contributed by atoms with van der Waals surface area (Å²) in [6, 6.07) is 15.3. The number of rotatable bonds is 4. The highest BCUT2D eigenvalue weighted by atomic mass is 32.1. The summed E-state index contributed by atoms with van der Waals surface area (Å²) in [5.41, 5.74) is 2.35. The first-order valence-corrected chi connectivity index (χ1v) is 7.74. The molecule has 1 N–H and O–H groups in total. The molecule has 0 radical (unpaired) electrons. The molecule has 0 fully saturated rings. The fraction of sp³-hybridized carbons (Fsp3) is 0.235. The molecular formula is C17H18N2S. The van der Waals surface area contributed by atoms with Crippen LogP contribution in [0.15, 0.2) is 48.7 Å². The summed E-state index contributed by atoms with van der Waals surface area (Å²) in [5, 5.41) is 4.78. The third-order valence-corrected chi connectivity index (χ3v) is 4.48. The Hall–Kier alpha value is -1.71. The summed E-state index contributed by atoms with van der Waals surface area (Å²) >= 11 is 1.86. The number of hydrogen-bond acceptors (Lipinski definition) is 3. The van der Waals surface area contributed by atoms with E-state index in [0.29, 0.717) is 0 Å². The van der Waals surface area contributed by atoms with Crippen LogP contribution in [0.4, 0.5) is 0 Å². The van der Waals surface area contributed by atoms with Crippen LogP contribution in [0.5, 0.6) is 0 Å². The fourth-order valence-electron chi connectivity index (χ4n) is 2.47. The van der Waals surface area contributed by atoms with Crippen molar-refractivity contribution in [1.82, 2.24) is 10.3 Å². The molecule has 1 aromatic carbocycles. The Morgan fingerprint density at radius 2 is 2.10 bits per heavy atom. The maximum absolute atomic E-state index is 4.39. The number of benzene rings is 1. The predicted octanol–water partition coefficient (Wildman–Crippen LogP) is 4.30. The summed E-state index contributed by atoms with van der Waals surface area (Å²) in [7, 11) is 0. The van der Waals surface area contributed by atoms with Gasteiger partial charge in [-0.15, -0.1) is 11.3 Å². The Morgan fingerprint density at radius 1 is 1.20 bits per heavy atom. The van der Waals surface area contributed by atoms with Crippen LogP contribution in [0.2, 0.25) is 0 Å². The van der Waals surface area contributed by atoms with Gasteiger partial charge in [0.25, 0.3) is 0 Å². The zero-order valence-electron chi connectivity index (χ0n) is 11.8. The molecule has 0 bridgehead atoms. The number of hydrogen-bond donors (Lipinski definition) is 1. The van der Waals surface area contributed by atoms with Crippen molar-refractivity contribution < 1.29 is 0 Å². The van der Waals surface area contributed by atoms with Crippen molar-refractivity contribution in [2.45, 2.75) is 19.9 Å². The highest BCUT2D eigenvalue weighted by Crippen LogP contribution is 2.29. The lowest BCUT2D eigenvalue weighted by atomic mass is 10.0. The van der Waals surface area contributed by atoms with Gasteiger partial charge in [-0.25, -0.2) is 0 Å². The predicted molar refractivity (Wildman–Crippen MR) is 86.3 cm³/mol. The topological polar surface area (TPSA) is 24.9 Å². The zero-order chi connectivity index (χ0) is 13.9. The van der Waals surface area contributed by atoms with Crippen molar-refractivity contribution in [3.05, 3.63) is 64.0 Å². The number of nitrogens with zero attached hydrogens (tertiary/aromatic N) is 1. The molecule has 0 aliphatic rings. The first-order chi connectivity index (χ1) is 9.78. The van der Waals surface area contributed by atoms with Gasteiger partial charge in [0, 0.05) is 21.3 Å². The van der Waals surface area contributed by atoms with Crippen LogP contribution < -0.4 is 5.32 Å². The van der Waals surface area contributed by atoms with Crippen LogP contribution in [0.1, 0.15) is 28.3 Å². The Morgan fingerprint density at radius 3 is 2.85 bits per heavy atom. The van der Waals surface area contributed by atoms with Crippen LogP contribution in [-0.2, 0) is 0 Å². The minimum absolute atomic E-state index is 0.267. The maximum atomic E-state index is 4.39. The molecule has 2 heterocycles. The molecule has 1 atom stereocenters. The van der Waals surface area contributed by atoms with E-state index in [4.69, 9.17) is 0 Å². The van der Waals surface area contributed by atoms with Gasteiger partial charge >= 0.3 is 0 Å². The Labute approximate surface area is 123 Å². The summed E-state index contributed by atoms with van der Waals surface area (Å²) in [5.74, 6) is 0. The molecule has 0 amide bonds. The third kappa shape index (κ3) is 2.60. The number of aryl methyl sites for hydroxylation is 1. The van der Waals surface area contributed by atoms with Gasteiger partial charge in [-0.05, 0) is 49.4 Å². The van der Waals surface area contributed by atoms with Crippen LogP contribution in [0.25, 0.3) is 10.9 Å². The highest BCUT2D eigenvalue weighted by molar-refractivity contribution is 7.12. The average Bonchev–Trinajstić information content (AvgIpc) is 2.90. The smallest absolute Gasteiger partial charge is 0.0702 e. The molecule has 0 saturated heterocycles. The quantitative estimate of drug-likeness (QED) is 0.771. The maximum Gasteiger partial charge on any atom is 0.0702 e. The number of pyridine rings is 1. The molecule has 3 aromatic rings. The van der Waals surface area contributed by atoms with Gasteiger partial charge < -0.3 is 5.32 Å². The van der Waals surface area contributed by atoms with E-state index >= 15 is 0 Å². The minimum Gasteiger partial charge on any atom is -0.306 e. The van der Waals surface area contributed by atoms with Gasteiger partial charge in [0.2, 0.25) is 0 Å². The van der Waals surface area contributed by atoms with Crippen molar-refractivity contribution in [2.24, 2.45) is 0 Å². The van der Waals surface area contributed by atoms with E-state index in [1.54, 1.807) is 0 Å². The fourth-order valence-corrected chi connectivity index (χ4v) is 3.45. The van der Waals surface area contributed by atoms with E-state index in [0.717, 1.165) is 12.1 Å². The first kappa shape index (κ1) is 13.3. The molecular weight excluding hydrogens is 264 g/mol. The van der Waals surface area contributed by atoms with Crippen molar-refractivity contribution in [2.75, 3.05) is 6.54 Å². The van der Waals surface area contributed by atoms with Crippen molar-refractivity contribution in [1.29, 1.82) is 0 Å². The minimum atomic E-state index is 0.267. The SMILES string of the molecule is CCNC(c1ccc2ncccc2c1)c1ccc(C)s1. The largest absolute Gasteiger partial charge is 0.306 e. The lowest BCUT2D eigenvalue weighted by molar-refractivity contribution is 0.640. The first-order valence-electron chi connectivity index (χ1n) is 6.92. The molecule has 1 unspecified atom stereocenters. The lowest BCUT2D eigenvalue weighted by Gasteiger charge is -2.17. The van der Waals surface area contributed by atoms with E-state index in [1.807, 2.05) is 23.6 Å². The molecule has 3 heteroatoms. The Balaban J connectivity index is 2.04. The van der Waals surface area contributed by atoms with Gasteiger partial charge in [0.05, 0.1) is 11.6 Å². The van der Waals surface area contributed by atoms with Crippen LogP contribution in [0, 0.1) is 6.92 Å². The van der Waals surface area contributed by atoms with Crippen molar-refractivity contribution >= 4 is 22.2 Å². The number of aromatic nitrogens is 1. The second-order valence-electron chi connectivity index (χ2n) is 4.89. The Kier molecular flexibility index (Phi) is 3.81.